The molecule has 0 aromatic heterocycles. The Morgan fingerprint density at radius 3 is 2.21 bits per heavy atom. The molecule has 0 bridgehead atoms. The lowest BCUT2D eigenvalue weighted by Gasteiger charge is -2.06. The summed E-state index contributed by atoms with van der Waals surface area (Å²) in [6.07, 6.45) is 3.80. The SMILES string of the molecule is CC(C)OCCCCCCS(=O)(=O)Cl. The summed E-state index contributed by atoms with van der Waals surface area (Å²) in [6.45, 7) is 4.76. The number of halogens is 1. The quantitative estimate of drug-likeness (QED) is 0.485. The minimum atomic E-state index is -3.29. The summed E-state index contributed by atoms with van der Waals surface area (Å²) in [6, 6.07) is 0. The first-order valence-corrected chi connectivity index (χ1v) is 7.43. The van der Waals surface area contributed by atoms with Crippen LogP contribution in [0.5, 0.6) is 0 Å². The maximum atomic E-state index is 10.6. The minimum Gasteiger partial charge on any atom is -0.379 e. The van der Waals surface area contributed by atoms with Gasteiger partial charge in [0.05, 0.1) is 11.9 Å². The average Bonchev–Trinajstić information content (AvgIpc) is 2.00. The highest BCUT2D eigenvalue weighted by Crippen LogP contribution is 2.06. The topological polar surface area (TPSA) is 43.4 Å². The molecule has 5 heteroatoms. The van der Waals surface area contributed by atoms with Crippen molar-refractivity contribution in [3.63, 3.8) is 0 Å². The Morgan fingerprint density at radius 2 is 1.71 bits per heavy atom. The Hall–Kier alpha value is 0.200. The zero-order valence-corrected chi connectivity index (χ0v) is 10.4. The third-order valence-corrected chi connectivity index (χ3v) is 2.97. The normalized spacial score (nSPS) is 12.3. The van der Waals surface area contributed by atoms with Gasteiger partial charge in [-0.15, -0.1) is 0 Å². The lowest BCUT2D eigenvalue weighted by atomic mass is 10.2. The van der Waals surface area contributed by atoms with Crippen LogP contribution in [0.25, 0.3) is 0 Å². The van der Waals surface area contributed by atoms with Crippen molar-refractivity contribution in [2.45, 2.75) is 45.6 Å². The van der Waals surface area contributed by atoms with Gasteiger partial charge < -0.3 is 4.74 Å². The van der Waals surface area contributed by atoms with Crippen molar-refractivity contribution in [1.82, 2.24) is 0 Å². The summed E-state index contributed by atoms with van der Waals surface area (Å²) in [4.78, 5) is 0. The van der Waals surface area contributed by atoms with Crippen molar-refractivity contribution >= 4 is 19.7 Å². The molecule has 0 N–H and O–H groups in total. The van der Waals surface area contributed by atoms with Gasteiger partial charge in [-0.3, -0.25) is 0 Å². The van der Waals surface area contributed by atoms with Crippen molar-refractivity contribution in [3.05, 3.63) is 0 Å². The summed E-state index contributed by atoms with van der Waals surface area (Å²) < 4.78 is 26.4. The van der Waals surface area contributed by atoms with Gasteiger partial charge in [0.1, 0.15) is 0 Å². The molecule has 3 nitrogen and oxygen atoms in total. The smallest absolute Gasteiger partial charge is 0.232 e. The van der Waals surface area contributed by atoms with Crippen LogP contribution in [0, 0.1) is 0 Å². The van der Waals surface area contributed by atoms with E-state index in [1.807, 2.05) is 13.8 Å². The van der Waals surface area contributed by atoms with Crippen LogP contribution < -0.4 is 0 Å². The molecule has 0 aliphatic rings. The predicted octanol–water partition coefficient (Wildman–Crippen LogP) is 2.54. The summed E-state index contributed by atoms with van der Waals surface area (Å²) >= 11 is 0. The van der Waals surface area contributed by atoms with E-state index in [0.29, 0.717) is 6.42 Å². The molecule has 0 spiro atoms. The lowest BCUT2D eigenvalue weighted by molar-refractivity contribution is 0.0757. The van der Waals surface area contributed by atoms with E-state index in [0.717, 1.165) is 25.9 Å². The molecule has 0 rings (SSSR count). The molecule has 0 aromatic rings. The Labute approximate surface area is 91.2 Å². The van der Waals surface area contributed by atoms with E-state index in [-0.39, 0.29) is 11.9 Å². The Bertz CT molecular complexity index is 224. The van der Waals surface area contributed by atoms with E-state index in [4.69, 9.17) is 15.4 Å². The molecule has 0 radical (unpaired) electrons. The van der Waals surface area contributed by atoms with Gasteiger partial charge in [-0.1, -0.05) is 12.8 Å². The van der Waals surface area contributed by atoms with Gasteiger partial charge in [0, 0.05) is 17.3 Å². The number of unbranched alkanes of at least 4 members (excludes halogenated alkanes) is 3. The van der Waals surface area contributed by atoms with Crippen molar-refractivity contribution in [2.75, 3.05) is 12.4 Å². The summed E-state index contributed by atoms with van der Waals surface area (Å²) in [5, 5.41) is 0. The average molecular weight is 243 g/mol. The van der Waals surface area contributed by atoms with E-state index >= 15 is 0 Å². The highest BCUT2D eigenvalue weighted by Gasteiger charge is 2.03. The minimum absolute atomic E-state index is 0.0829. The van der Waals surface area contributed by atoms with Gasteiger partial charge in [0.2, 0.25) is 9.05 Å². The first-order valence-electron chi connectivity index (χ1n) is 4.96. The fourth-order valence-corrected chi connectivity index (χ4v) is 1.93. The molecule has 86 valence electrons. The van der Waals surface area contributed by atoms with Gasteiger partial charge in [-0.2, -0.15) is 0 Å². The van der Waals surface area contributed by atoms with Crippen LogP contribution >= 0.6 is 10.7 Å². The second kappa shape index (κ2) is 7.49. The molecule has 0 unspecified atom stereocenters. The summed E-state index contributed by atoms with van der Waals surface area (Å²) in [5.74, 6) is 0.0829. The van der Waals surface area contributed by atoms with Crippen molar-refractivity contribution in [3.8, 4) is 0 Å². The molecule has 0 aromatic carbocycles. The highest BCUT2D eigenvalue weighted by atomic mass is 35.7. The van der Waals surface area contributed by atoms with Gasteiger partial charge in [0.25, 0.3) is 0 Å². The van der Waals surface area contributed by atoms with E-state index in [1.54, 1.807) is 0 Å². The standard InChI is InChI=1S/C9H19ClO3S/c1-9(2)13-7-5-3-4-6-8-14(10,11)12/h9H,3-8H2,1-2H3. The summed E-state index contributed by atoms with van der Waals surface area (Å²) in [5.41, 5.74) is 0. The van der Waals surface area contributed by atoms with Gasteiger partial charge in [-0.25, -0.2) is 8.42 Å². The van der Waals surface area contributed by atoms with Gasteiger partial charge in [0.15, 0.2) is 0 Å². The van der Waals surface area contributed by atoms with E-state index in [2.05, 4.69) is 0 Å². The molecular weight excluding hydrogens is 224 g/mol. The molecule has 0 saturated heterocycles. The first kappa shape index (κ1) is 14.2. The monoisotopic (exact) mass is 242 g/mol. The summed E-state index contributed by atoms with van der Waals surface area (Å²) in [7, 11) is 1.77. The second-order valence-electron chi connectivity index (χ2n) is 3.58. The molecule has 0 fully saturated rings. The maximum absolute atomic E-state index is 10.6. The van der Waals surface area contributed by atoms with Crippen LogP contribution in [0.4, 0.5) is 0 Å². The molecule has 0 saturated carbocycles. The molecule has 0 aliphatic carbocycles. The van der Waals surface area contributed by atoms with Crippen LogP contribution in [-0.4, -0.2) is 26.9 Å². The van der Waals surface area contributed by atoms with Crippen molar-refractivity contribution < 1.29 is 13.2 Å². The van der Waals surface area contributed by atoms with Crippen LogP contribution in [0.2, 0.25) is 0 Å². The van der Waals surface area contributed by atoms with Crippen molar-refractivity contribution in [1.29, 1.82) is 0 Å². The Balaban J connectivity index is 3.15. The number of hydrogen-bond donors (Lipinski definition) is 0. The fourth-order valence-electron chi connectivity index (χ4n) is 1.05. The van der Waals surface area contributed by atoms with E-state index in [1.165, 1.54) is 0 Å². The molecule has 0 atom stereocenters. The van der Waals surface area contributed by atoms with Crippen molar-refractivity contribution in [2.24, 2.45) is 0 Å². The molecule has 14 heavy (non-hydrogen) atoms. The highest BCUT2D eigenvalue weighted by molar-refractivity contribution is 8.13. The van der Waals surface area contributed by atoms with E-state index < -0.39 is 9.05 Å². The van der Waals surface area contributed by atoms with E-state index in [9.17, 15) is 8.42 Å². The Morgan fingerprint density at radius 1 is 1.14 bits per heavy atom. The predicted molar refractivity (Wildman–Crippen MR) is 59.2 cm³/mol. The number of ether oxygens (including phenoxy) is 1. The molecular formula is C9H19ClO3S. The lowest BCUT2D eigenvalue weighted by Crippen LogP contribution is -2.03. The Kier molecular flexibility index (Phi) is 7.59. The third-order valence-electron chi connectivity index (χ3n) is 1.73. The fraction of sp³-hybridized carbons (Fsp3) is 1.00. The maximum Gasteiger partial charge on any atom is 0.232 e. The number of hydrogen-bond acceptors (Lipinski definition) is 3. The molecule has 0 aliphatic heterocycles. The third kappa shape index (κ3) is 12.2. The number of rotatable bonds is 8. The molecule has 0 heterocycles. The molecule has 0 amide bonds. The second-order valence-corrected chi connectivity index (χ2v) is 6.47. The van der Waals surface area contributed by atoms with Crippen LogP contribution in [0.3, 0.4) is 0 Å². The largest absolute Gasteiger partial charge is 0.379 e. The first-order chi connectivity index (χ1) is 6.42. The van der Waals surface area contributed by atoms with Gasteiger partial charge >= 0.3 is 0 Å². The van der Waals surface area contributed by atoms with Crippen LogP contribution in [-0.2, 0) is 13.8 Å². The van der Waals surface area contributed by atoms with Crippen LogP contribution in [0.1, 0.15) is 39.5 Å². The van der Waals surface area contributed by atoms with Crippen LogP contribution in [0.15, 0.2) is 0 Å². The van der Waals surface area contributed by atoms with Gasteiger partial charge in [-0.05, 0) is 26.7 Å². The zero-order chi connectivity index (χ0) is 11.0. The zero-order valence-electron chi connectivity index (χ0n) is 8.83.